The largest absolute Gasteiger partial charge is 0.356 e. The minimum Gasteiger partial charge on any atom is -0.356 e. The average Bonchev–Trinajstić information content (AvgIpc) is 3.54. The summed E-state index contributed by atoms with van der Waals surface area (Å²) in [5.41, 5.74) is 0. The molecule has 0 saturated carbocycles. The second-order valence-electron chi connectivity index (χ2n) is 17.5. The Morgan fingerprint density at radius 1 is 0.250 bits per heavy atom. The Kier molecular flexibility index (Phi) is 39.4. The van der Waals surface area contributed by atoms with Crippen LogP contribution in [0.5, 0.6) is 0 Å². The van der Waals surface area contributed by atoms with E-state index < -0.39 is 0 Å². The van der Waals surface area contributed by atoms with Crippen molar-refractivity contribution in [2.24, 2.45) is 0 Å². The van der Waals surface area contributed by atoms with Crippen molar-refractivity contribution in [3.8, 4) is 0 Å². The molecule has 0 aromatic carbocycles. The van der Waals surface area contributed by atoms with E-state index in [1.54, 1.807) is 0 Å². The summed E-state index contributed by atoms with van der Waals surface area (Å²) in [5, 5.41) is 0. The van der Waals surface area contributed by atoms with Crippen molar-refractivity contribution in [1.29, 1.82) is 0 Å². The third-order valence-electron chi connectivity index (χ3n) is 12.3. The van der Waals surface area contributed by atoms with Crippen molar-refractivity contribution < 1.29 is 0 Å². The molecule has 1 aliphatic heterocycles. The monoisotopic (exact) mass is 729 g/mol. The first kappa shape index (κ1) is 49.4. The molecule has 0 saturated heterocycles. The Hall–Kier alpha value is -0.660. The summed E-state index contributed by atoms with van der Waals surface area (Å²) in [6.07, 6.45) is 66.4. The Morgan fingerprint density at radius 3 is 0.673 bits per heavy atom. The molecule has 0 bridgehead atoms. The van der Waals surface area contributed by atoms with Gasteiger partial charge in [0.05, 0.1) is 0 Å². The van der Waals surface area contributed by atoms with E-state index in [1.165, 1.54) is 283 Å². The SMILES string of the molecule is CCCCCCCCCCCCCCCCCCC1N(CCCCCCCCCCCC)C=CN1CCCCCCCCCCCCCCCCC. The fraction of sp³-hybridized carbons (Fsp3) is 0.960. The Morgan fingerprint density at radius 2 is 0.442 bits per heavy atom. The molecule has 0 aliphatic carbocycles. The maximum Gasteiger partial charge on any atom is 0.101 e. The Labute approximate surface area is 330 Å². The van der Waals surface area contributed by atoms with Gasteiger partial charge in [-0.15, -0.1) is 0 Å². The van der Waals surface area contributed by atoms with E-state index in [4.69, 9.17) is 0 Å². The summed E-state index contributed by atoms with van der Waals surface area (Å²) in [7, 11) is 0. The fourth-order valence-corrected chi connectivity index (χ4v) is 8.66. The predicted octanol–water partition coefficient (Wildman–Crippen LogP) is 17.8. The van der Waals surface area contributed by atoms with E-state index >= 15 is 0 Å². The molecule has 0 radical (unpaired) electrons. The summed E-state index contributed by atoms with van der Waals surface area (Å²) in [6.45, 7) is 9.49. The topological polar surface area (TPSA) is 6.48 Å². The summed E-state index contributed by atoms with van der Waals surface area (Å²) >= 11 is 0. The molecular formula is C50H100N2. The molecule has 0 aromatic heterocycles. The third-order valence-corrected chi connectivity index (χ3v) is 12.3. The van der Waals surface area contributed by atoms with Crippen LogP contribution in [0, 0.1) is 0 Å². The molecular weight excluding hydrogens is 629 g/mol. The van der Waals surface area contributed by atoms with Gasteiger partial charge in [0.1, 0.15) is 6.17 Å². The molecule has 310 valence electrons. The molecule has 52 heavy (non-hydrogen) atoms. The number of rotatable bonds is 44. The lowest BCUT2D eigenvalue weighted by atomic mass is 10.0. The van der Waals surface area contributed by atoms with Crippen LogP contribution in [0.25, 0.3) is 0 Å². The first-order valence-electron chi connectivity index (χ1n) is 25.0. The van der Waals surface area contributed by atoms with Crippen molar-refractivity contribution >= 4 is 0 Å². The maximum absolute atomic E-state index is 2.74. The van der Waals surface area contributed by atoms with Gasteiger partial charge in [-0.3, -0.25) is 0 Å². The fourth-order valence-electron chi connectivity index (χ4n) is 8.66. The third kappa shape index (κ3) is 32.7. The quantitative estimate of drug-likeness (QED) is 0.0576. The van der Waals surface area contributed by atoms with Crippen LogP contribution in [0.3, 0.4) is 0 Å². The molecule has 1 aliphatic rings. The van der Waals surface area contributed by atoms with E-state index in [2.05, 4.69) is 43.0 Å². The van der Waals surface area contributed by atoms with Crippen LogP contribution in [0.15, 0.2) is 12.4 Å². The van der Waals surface area contributed by atoms with Gasteiger partial charge in [-0.2, -0.15) is 0 Å². The summed E-state index contributed by atoms with van der Waals surface area (Å²) in [4.78, 5) is 5.48. The van der Waals surface area contributed by atoms with Crippen LogP contribution in [0.1, 0.15) is 290 Å². The Balaban J connectivity index is 2.18. The summed E-state index contributed by atoms with van der Waals surface area (Å²) in [5.74, 6) is 0. The molecule has 1 unspecified atom stereocenters. The lowest BCUT2D eigenvalue weighted by Gasteiger charge is -2.33. The second-order valence-corrected chi connectivity index (χ2v) is 17.5. The zero-order valence-corrected chi connectivity index (χ0v) is 36.7. The molecule has 1 heterocycles. The number of unbranched alkanes of at least 4 members (excludes halogenated alkanes) is 38. The number of hydrogen-bond acceptors (Lipinski definition) is 2. The van der Waals surface area contributed by atoms with Gasteiger partial charge in [-0.05, 0) is 25.7 Å². The van der Waals surface area contributed by atoms with Gasteiger partial charge in [0, 0.05) is 25.5 Å². The van der Waals surface area contributed by atoms with Gasteiger partial charge in [-0.1, -0.05) is 265 Å². The molecule has 0 aromatic rings. The lowest BCUT2D eigenvalue weighted by molar-refractivity contribution is 0.135. The van der Waals surface area contributed by atoms with E-state index in [9.17, 15) is 0 Å². The molecule has 0 amide bonds. The van der Waals surface area contributed by atoms with Gasteiger partial charge in [0.2, 0.25) is 0 Å². The normalized spacial score (nSPS) is 14.4. The molecule has 0 N–H and O–H groups in total. The molecule has 2 heteroatoms. The first-order chi connectivity index (χ1) is 25.8. The van der Waals surface area contributed by atoms with Crippen LogP contribution in [0.2, 0.25) is 0 Å². The van der Waals surface area contributed by atoms with Crippen LogP contribution in [-0.2, 0) is 0 Å². The average molecular weight is 729 g/mol. The number of hydrogen-bond donors (Lipinski definition) is 0. The molecule has 1 atom stereocenters. The smallest absolute Gasteiger partial charge is 0.101 e. The van der Waals surface area contributed by atoms with Crippen LogP contribution < -0.4 is 0 Å². The van der Waals surface area contributed by atoms with E-state index in [0.717, 1.165) is 0 Å². The molecule has 0 spiro atoms. The number of nitrogens with zero attached hydrogens (tertiary/aromatic N) is 2. The molecule has 1 rings (SSSR count). The lowest BCUT2D eigenvalue weighted by Crippen LogP contribution is -2.39. The van der Waals surface area contributed by atoms with Gasteiger partial charge >= 0.3 is 0 Å². The van der Waals surface area contributed by atoms with Crippen molar-refractivity contribution in [1.82, 2.24) is 9.80 Å². The second kappa shape index (κ2) is 41.5. The zero-order chi connectivity index (χ0) is 37.3. The van der Waals surface area contributed by atoms with E-state index in [-0.39, 0.29) is 0 Å². The predicted molar refractivity (Wildman–Crippen MR) is 237 cm³/mol. The maximum atomic E-state index is 2.74. The standard InChI is InChI=1S/C50H100N2/c1-4-7-10-13-16-19-22-24-26-27-29-31-33-36-39-42-45-50-51(46-43-40-37-34-21-18-15-12-9-6-3)48-49-52(50)47-44-41-38-35-32-30-28-25-23-20-17-14-11-8-5-2/h48-50H,4-47H2,1-3H3. The van der Waals surface area contributed by atoms with E-state index in [0.29, 0.717) is 6.17 Å². The highest BCUT2D eigenvalue weighted by Crippen LogP contribution is 2.24. The molecule has 0 fully saturated rings. The van der Waals surface area contributed by atoms with Gasteiger partial charge < -0.3 is 9.80 Å². The van der Waals surface area contributed by atoms with Gasteiger partial charge in [0.15, 0.2) is 0 Å². The summed E-state index contributed by atoms with van der Waals surface area (Å²) < 4.78 is 0. The minimum absolute atomic E-state index is 0.636. The van der Waals surface area contributed by atoms with Crippen LogP contribution in [0.4, 0.5) is 0 Å². The van der Waals surface area contributed by atoms with Crippen molar-refractivity contribution in [3.05, 3.63) is 12.4 Å². The molecule has 2 nitrogen and oxygen atoms in total. The summed E-state index contributed by atoms with van der Waals surface area (Å²) in [6, 6.07) is 0. The minimum atomic E-state index is 0.636. The van der Waals surface area contributed by atoms with Crippen LogP contribution in [-0.4, -0.2) is 29.1 Å². The van der Waals surface area contributed by atoms with Crippen LogP contribution >= 0.6 is 0 Å². The highest BCUT2D eigenvalue weighted by atomic mass is 15.4. The highest BCUT2D eigenvalue weighted by molar-refractivity contribution is 4.97. The van der Waals surface area contributed by atoms with Gasteiger partial charge in [-0.25, -0.2) is 0 Å². The van der Waals surface area contributed by atoms with Crippen molar-refractivity contribution in [3.63, 3.8) is 0 Å². The first-order valence-corrected chi connectivity index (χ1v) is 25.0. The zero-order valence-electron chi connectivity index (χ0n) is 36.7. The Bertz CT molecular complexity index is 688. The van der Waals surface area contributed by atoms with Gasteiger partial charge in [0.25, 0.3) is 0 Å². The van der Waals surface area contributed by atoms with Crippen molar-refractivity contribution in [2.75, 3.05) is 13.1 Å². The highest BCUT2D eigenvalue weighted by Gasteiger charge is 2.24. The van der Waals surface area contributed by atoms with Crippen molar-refractivity contribution in [2.45, 2.75) is 297 Å². The van der Waals surface area contributed by atoms with E-state index in [1.807, 2.05) is 0 Å².